The van der Waals surface area contributed by atoms with Crippen molar-refractivity contribution in [2.75, 3.05) is 6.61 Å². The fraction of sp³-hybridized carbons (Fsp3) is 0.702. The van der Waals surface area contributed by atoms with Gasteiger partial charge in [-0.1, -0.05) is 184 Å². The molecule has 3 atom stereocenters. The summed E-state index contributed by atoms with van der Waals surface area (Å²) in [4.78, 5) is 25.9. The number of unbranched alkanes of at least 4 members (excludes halogenated alkanes) is 16. The van der Waals surface area contributed by atoms with Gasteiger partial charge in [0.15, 0.2) is 0 Å². The van der Waals surface area contributed by atoms with Gasteiger partial charge in [0, 0.05) is 6.42 Å². The Morgan fingerprint density at radius 2 is 1.13 bits per heavy atom. The lowest BCUT2D eigenvalue weighted by molar-refractivity contribution is -0.151. The van der Waals surface area contributed by atoms with Gasteiger partial charge in [0.1, 0.15) is 6.10 Å². The molecule has 0 aromatic rings. The first-order chi connectivity index (χ1) is 26.0. The average molecular weight is 740 g/mol. The van der Waals surface area contributed by atoms with Crippen LogP contribution >= 0.6 is 0 Å². The fourth-order valence-electron chi connectivity index (χ4n) is 6.13. The first-order valence-electron chi connectivity index (χ1n) is 21.7. The lowest BCUT2D eigenvalue weighted by Gasteiger charge is -2.24. The van der Waals surface area contributed by atoms with Gasteiger partial charge in [0.05, 0.1) is 25.2 Å². The van der Waals surface area contributed by atoms with E-state index in [4.69, 9.17) is 4.74 Å². The number of esters is 1. The van der Waals surface area contributed by atoms with Gasteiger partial charge in [-0.3, -0.25) is 9.59 Å². The van der Waals surface area contributed by atoms with Gasteiger partial charge in [-0.05, 0) is 64.2 Å². The largest absolute Gasteiger partial charge is 0.462 e. The number of rotatable bonds is 37. The fourth-order valence-corrected chi connectivity index (χ4v) is 6.13. The van der Waals surface area contributed by atoms with Crippen LogP contribution in [0, 0.1) is 0 Å². The van der Waals surface area contributed by atoms with Crippen molar-refractivity contribution in [2.24, 2.45) is 0 Å². The van der Waals surface area contributed by atoms with Crippen molar-refractivity contribution in [2.45, 2.75) is 206 Å². The van der Waals surface area contributed by atoms with Crippen LogP contribution < -0.4 is 5.32 Å². The molecule has 0 saturated heterocycles. The maximum absolute atomic E-state index is 13.1. The summed E-state index contributed by atoms with van der Waals surface area (Å²) < 4.78 is 5.85. The highest BCUT2D eigenvalue weighted by Crippen LogP contribution is 2.16. The average Bonchev–Trinajstić information content (AvgIpc) is 3.15. The second-order valence-electron chi connectivity index (χ2n) is 14.4. The molecule has 0 aromatic carbocycles. The molecule has 0 fully saturated rings. The first-order valence-corrected chi connectivity index (χ1v) is 21.7. The molecule has 0 heterocycles. The summed E-state index contributed by atoms with van der Waals surface area (Å²) in [5.74, 6) is -0.561. The molecule has 0 aromatic heterocycles. The zero-order valence-corrected chi connectivity index (χ0v) is 34.4. The highest BCUT2D eigenvalue weighted by atomic mass is 16.5. The van der Waals surface area contributed by atoms with Crippen LogP contribution in [0.3, 0.4) is 0 Å². The maximum atomic E-state index is 13.1. The van der Waals surface area contributed by atoms with E-state index < -0.39 is 18.2 Å². The third-order valence-electron chi connectivity index (χ3n) is 9.38. The maximum Gasteiger partial charge on any atom is 0.306 e. The van der Waals surface area contributed by atoms with E-state index in [0.29, 0.717) is 19.3 Å². The zero-order chi connectivity index (χ0) is 38.9. The van der Waals surface area contributed by atoms with Crippen LogP contribution in [-0.4, -0.2) is 46.9 Å². The molecule has 3 N–H and O–H groups in total. The molecule has 0 rings (SSSR count). The summed E-state index contributed by atoms with van der Waals surface area (Å²) in [5, 5.41) is 23.5. The Bertz CT molecular complexity index is 1010. The number of carbonyl (C=O) groups is 2. The van der Waals surface area contributed by atoms with E-state index in [1.807, 2.05) is 36.5 Å². The molecular weight excluding hydrogens is 659 g/mol. The molecule has 0 spiro atoms. The lowest BCUT2D eigenvalue weighted by Crippen LogP contribution is -2.46. The number of allylic oxidation sites excluding steroid dienone is 12. The molecule has 0 aliphatic rings. The van der Waals surface area contributed by atoms with Crippen molar-refractivity contribution in [3.8, 4) is 0 Å². The summed E-state index contributed by atoms with van der Waals surface area (Å²) in [6, 6.07) is -0.724. The minimum Gasteiger partial charge on any atom is -0.462 e. The summed E-state index contributed by atoms with van der Waals surface area (Å²) in [6.45, 7) is 6.16. The standard InChI is InChI=1S/C47H81NO5/c1-4-7-10-13-16-19-21-22-23-25-28-31-34-37-40-47(52)53-43(38-35-32-29-27-24-20-17-14-11-8-5-2)41-46(51)48-44(42-49)45(50)39-36-33-30-26-18-15-12-9-6-3/h7-8,10-11,14,16-17,19-20,24,27,29,43-45,49-50H,4-6,9,12-13,15,18,21-23,25-26,28,30-42H2,1-3H3,(H,48,51)/b10-7+,11-8+,17-14+,19-16+,24-20-,29-27-. The van der Waals surface area contributed by atoms with E-state index in [9.17, 15) is 19.8 Å². The van der Waals surface area contributed by atoms with Crippen LogP contribution in [-0.2, 0) is 14.3 Å². The smallest absolute Gasteiger partial charge is 0.306 e. The molecule has 3 unspecified atom stereocenters. The van der Waals surface area contributed by atoms with Gasteiger partial charge in [-0.2, -0.15) is 0 Å². The number of carbonyl (C=O) groups excluding carboxylic acids is 2. The predicted octanol–water partition coefficient (Wildman–Crippen LogP) is 12.3. The van der Waals surface area contributed by atoms with E-state index in [-0.39, 0.29) is 24.9 Å². The van der Waals surface area contributed by atoms with Crippen LogP contribution in [0.4, 0.5) is 0 Å². The Kier molecular flexibility index (Phi) is 38.4. The van der Waals surface area contributed by atoms with Crippen molar-refractivity contribution in [3.63, 3.8) is 0 Å². The molecule has 0 saturated carbocycles. The third kappa shape index (κ3) is 36.1. The predicted molar refractivity (Wildman–Crippen MR) is 227 cm³/mol. The van der Waals surface area contributed by atoms with E-state index in [1.165, 1.54) is 64.2 Å². The molecule has 0 aliphatic carbocycles. The van der Waals surface area contributed by atoms with E-state index in [1.54, 1.807) is 0 Å². The topological polar surface area (TPSA) is 95.9 Å². The molecule has 1 amide bonds. The Balaban J connectivity index is 4.70. The minimum atomic E-state index is -0.806. The van der Waals surface area contributed by atoms with Crippen LogP contribution in [0.1, 0.15) is 188 Å². The van der Waals surface area contributed by atoms with Crippen molar-refractivity contribution >= 4 is 11.9 Å². The summed E-state index contributed by atoms with van der Waals surface area (Å²) >= 11 is 0. The molecule has 304 valence electrons. The molecular formula is C47H81NO5. The minimum absolute atomic E-state index is 0.0251. The Labute approximate surface area is 326 Å². The molecule has 0 bridgehead atoms. The summed E-state index contributed by atoms with van der Waals surface area (Å²) in [6.07, 6.45) is 49.7. The Morgan fingerprint density at radius 1 is 0.585 bits per heavy atom. The van der Waals surface area contributed by atoms with Gasteiger partial charge in [-0.15, -0.1) is 0 Å². The number of nitrogens with one attached hydrogen (secondary N) is 1. The highest BCUT2D eigenvalue weighted by Gasteiger charge is 2.23. The molecule has 0 radical (unpaired) electrons. The number of hydrogen-bond acceptors (Lipinski definition) is 5. The Morgan fingerprint density at radius 3 is 1.77 bits per heavy atom. The summed E-state index contributed by atoms with van der Waals surface area (Å²) in [5.41, 5.74) is 0. The van der Waals surface area contributed by atoms with Gasteiger partial charge in [0.2, 0.25) is 5.91 Å². The van der Waals surface area contributed by atoms with Crippen LogP contribution in [0.25, 0.3) is 0 Å². The van der Waals surface area contributed by atoms with E-state index in [2.05, 4.69) is 62.5 Å². The van der Waals surface area contributed by atoms with Crippen LogP contribution in [0.15, 0.2) is 72.9 Å². The van der Waals surface area contributed by atoms with E-state index >= 15 is 0 Å². The molecule has 6 nitrogen and oxygen atoms in total. The van der Waals surface area contributed by atoms with Crippen LogP contribution in [0.2, 0.25) is 0 Å². The van der Waals surface area contributed by atoms with E-state index in [0.717, 1.165) is 77.0 Å². The molecule has 0 aliphatic heterocycles. The SMILES string of the molecule is CC/C=C/C=C/C=C\C=C/CCCC(CC(=O)NC(CO)C(O)CCCCCCCCCCC)OC(=O)CCCCCCCCC/C=C/C/C=C/CC. The number of hydrogen-bond donors (Lipinski definition) is 3. The second kappa shape index (κ2) is 40.5. The van der Waals surface area contributed by atoms with Gasteiger partial charge in [0.25, 0.3) is 0 Å². The second-order valence-corrected chi connectivity index (χ2v) is 14.4. The van der Waals surface area contributed by atoms with Gasteiger partial charge >= 0.3 is 5.97 Å². The monoisotopic (exact) mass is 740 g/mol. The van der Waals surface area contributed by atoms with Crippen molar-refractivity contribution in [1.29, 1.82) is 0 Å². The first kappa shape index (κ1) is 50.3. The molecule has 6 heteroatoms. The molecule has 53 heavy (non-hydrogen) atoms. The van der Waals surface area contributed by atoms with Crippen molar-refractivity contribution in [3.05, 3.63) is 72.9 Å². The highest BCUT2D eigenvalue weighted by molar-refractivity contribution is 5.77. The van der Waals surface area contributed by atoms with Crippen molar-refractivity contribution < 1.29 is 24.5 Å². The zero-order valence-electron chi connectivity index (χ0n) is 34.4. The lowest BCUT2D eigenvalue weighted by atomic mass is 10.0. The van der Waals surface area contributed by atoms with Gasteiger partial charge in [-0.25, -0.2) is 0 Å². The number of amides is 1. The van der Waals surface area contributed by atoms with Crippen LogP contribution in [0.5, 0.6) is 0 Å². The van der Waals surface area contributed by atoms with Gasteiger partial charge < -0.3 is 20.3 Å². The number of aliphatic hydroxyl groups excluding tert-OH is 2. The number of aliphatic hydroxyl groups is 2. The normalized spacial score (nSPS) is 14.1. The summed E-state index contributed by atoms with van der Waals surface area (Å²) in [7, 11) is 0. The third-order valence-corrected chi connectivity index (χ3v) is 9.38. The number of ether oxygens (including phenoxy) is 1. The quantitative estimate of drug-likeness (QED) is 0.0255. The van der Waals surface area contributed by atoms with Crippen molar-refractivity contribution in [1.82, 2.24) is 5.32 Å². The Hall–Kier alpha value is -2.70.